The van der Waals surface area contributed by atoms with E-state index < -0.39 is 0 Å². The van der Waals surface area contributed by atoms with Crippen LogP contribution in [0, 0.1) is 11.3 Å². The minimum Gasteiger partial charge on any atom is -0.325 e. The van der Waals surface area contributed by atoms with E-state index in [1.807, 2.05) is 48.0 Å². The van der Waals surface area contributed by atoms with E-state index in [9.17, 15) is 4.79 Å². The predicted molar refractivity (Wildman–Crippen MR) is 92.1 cm³/mol. The van der Waals surface area contributed by atoms with Gasteiger partial charge in [-0.25, -0.2) is 4.79 Å². The first-order valence-corrected chi connectivity index (χ1v) is 8.80. The van der Waals surface area contributed by atoms with Gasteiger partial charge in [0.05, 0.1) is 12.5 Å². The summed E-state index contributed by atoms with van der Waals surface area (Å²) in [6, 6.07) is 9.85. The SMILES string of the molecule is CCS[C@@H]1CC[C@@H](N(C)C(=O)Nc2ccc(CC#N)cc2)C1. The molecular formula is C17H23N3OS. The normalized spacial score (nSPS) is 20.4. The van der Waals surface area contributed by atoms with Crippen molar-refractivity contribution < 1.29 is 4.79 Å². The third kappa shape index (κ3) is 4.41. The molecule has 1 fully saturated rings. The number of anilines is 1. The number of thioether (sulfide) groups is 1. The van der Waals surface area contributed by atoms with Gasteiger partial charge in [-0.3, -0.25) is 0 Å². The minimum absolute atomic E-state index is 0.0554. The Labute approximate surface area is 136 Å². The molecule has 0 bridgehead atoms. The first-order valence-electron chi connectivity index (χ1n) is 7.75. The van der Waals surface area contributed by atoms with Crippen molar-refractivity contribution in [1.82, 2.24) is 4.90 Å². The molecule has 0 saturated heterocycles. The maximum atomic E-state index is 12.3. The van der Waals surface area contributed by atoms with E-state index in [2.05, 4.69) is 18.3 Å². The summed E-state index contributed by atoms with van der Waals surface area (Å²) >= 11 is 2.00. The third-order valence-electron chi connectivity index (χ3n) is 4.12. The number of hydrogen-bond acceptors (Lipinski definition) is 3. The molecule has 0 heterocycles. The highest BCUT2D eigenvalue weighted by Gasteiger charge is 2.29. The maximum Gasteiger partial charge on any atom is 0.321 e. The number of carbonyl (C=O) groups excluding carboxylic acids is 1. The Morgan fingerprint density at radius 3 is 2.77 bits per heavy atom. The molecule has 2 atom stereocenters. The molecule has 0 aliphatic heterocycles. The molecule has 1 aliphatic carbocycles. The number of rotatable bonds is 5. The molecule has 1 saturated carbocycles. The van der Waals surface area contributed by atoms with Crippen LogP contribution in [0.4, 0.5) is 10.5 Å². The van der Waals surface area contributed by atoms with Crippen molar-refractivity contribution in [2.75, 3.05) is 18.1 Å². The topological polar surface area (TPSA) is 56.1 Å². The van der Waals surface area contributed by atoms with E-state index in [-0.39, 0.29) is 6.03 Å². The van der Waals surface area contributed by atoms with Gasteiger partial charge in [-0.1, -0.05) is 19.1 Å². The van der Waals surface area contributed by atoms with Crippen molar-refractivity contribution in [2.24, 2.45) is 0 Å². The van der Waals surface area contributed by atoms with Gasteiger partial charge in [0.1, 0.15) is 0 Å². The second-order valence-corrected chi connectivity index (χ2v) is 7.19. The molecule has 0 aromatic heterocycles. The summed E-state index contributed by atoms with van der Waals surface area (Å²) in [4.78, 5) is 14.2. The highest BCUT2D eigenvalue weighted by Crippen LogP contribution is 2.32. The predicted octanol–water partition coefficient (Wildman–Crippen LogP) is 3.89. The van der Waals surface area contributed by atoms with Gasteiger partial charge in [0.2, 0.25) is 0 Å². The Hall–Kier alpha value is -1.67. The maximum absolute atomic E-state index is 12.3. The van der Waals surface area contributed by atoms with Crippen molar-refractivity contribution in [3.8, 4) is 6.07 Å². The molecule has 5 heteroatoms. The second kappa shape index (κ2) is 8.09. The fourth-order valence-electron chi connectivity index (χ4n) is 2.83. The van der Waals surface area contributed by atoms with E-state index in [0.29, 0.717) is 17.7 Å². The quantitative estimate of drug-likeness (QED) is 0.896. The first kappa shape index (κ1) is 16.7. The van der Waals surface area contributed by atoms with Crippen LogP contribution in [0.15, 0.2) is 24.3 Å². The lowest BCUT2D eigenvalue weighted by atomic mass is 10.1. The van der Waals surface area contributed by atoms with Crippen LogP contribution in [-0.2, 0) is 6.42 Å². The Bertz CT molecular complexity index is 538. The molecule has 1 aliphatic rings. The molecule has 1 aromatic carbocycles. The van der Waals surface area contributed by atoms with Crippen molar-refractivity contribution in [1.29, 1.82) is 5.26 Å². The monoisotopic (exact) mass is 317 g/mol. The Balaban J connectivity index is 1.87. The van der Waals surface area contributed by atoms with E-state index in [1.54, 1.807) is 0 Å². The van der Waals surface area contributed by atoms with Gasteiger partial charge in [0.15, 0.2) is 0 Å². The average molecular weight is 317 g/mol. The number of benzene rings is 1. The molecule has 1 aromatic rings. The van der Waals surface area contributed by atoms with Gasteiger partial charge in [0.25, 0.3) is 0 Å². The summed E-state index contributed by atoms with van der Waals surface area (Å²) in [6.45, 7) is 2.18. The molecule has 2 rings (SSSR count). The summed E-state index contributed by atoms with van der Waals surface area (Å²) in [6.07, 6.45) is 3.77. The lowest BCUT2D eigenvalue weighted by Gasteiger charge is -2.25. The number of hydrogen-bond donors (Lipinski definition) is 1. The molecule has 0 radical (unpaired) electrons. The summed E-state index contributed by atoms with van der Waals surface area (Å²) in [5.41, 5.74) is 1.74. The van der Waals surface area contributed by atoms with Gasteiger partial charge in [-0.15, -0.1) is 0 Å². The molecule has 4 nitrogen and oxygen atoms in total. The fraction of sp³-hybridized carbons (Fsp3) is 0.529. The number of carbonyl (C=O) groups is 1. The average Bonchev–Trinajstić information content (AvgIpc) is 2.98. The van der Waals surface area contributed by atoms with Crippen molar-refractivity contribution >= 4 is 23.5 Å². The van der Waals surface area contributed by atoms with Gasteiger partial charge in [-0.2, -0.15) is 17.0 Å². The lowest BCUT2D eigenvalue weighted by molar-refractivity contribution is 0.205. The van der Waals surface area contributed by atoms with E-state index >= 15 is 0 Å². The Morgan fingerprint density at radius 1 is 1.41 bits per heavy atom. The van der Waals surface area contributed by atoms with E-state index in [4.69, 9.17) is 5.26 Å². The standard InChI is InChI=1S/C17H23N3OS/c1-3-22-16-9-8-15(12-16)20(2)17(21)19-14-6-4-13(5-7-14)10-11-18/h4-7,15-16H,3,8-10,12H2,1-2H3,(H,19,21)/t15-,16-/m1/s1. The van der Waals surface area contributed by atoms with Crippen LogP contribution < -0.4 is 5.32 Å². The summed E-state index contributed by atoms with van der Waals surface area (Å²) in [5, 5.41) is 12.3. The van der Waals surface area contributed by atoms with Gasteiger partial charge >= 0.3 is 6.03 Å². The highest BCUT2D eigenvalue weighted by molar-refractivity contribution is 7.99. The second-order valence-electron chi connectivity index (χ2n) is 5.62. The molecule has 0 spiro atoms. The number of nitriles is 1. The number of amides is 2. The molecule has 0 unspecified atom stereocenters. The highest BCUT2D eigenvalue weighted by atomic mass is 32.2. The largest absolute Gasteiger partial charge is 0.325 e. The molecule has 118 valence electrons. The van der Waals surface area contributed by atoms with Crippen LogP contribution in [0.25, 0.3) is 0 Å². The van der Waals surface area contributed by atoms with Crippen molar-refractivity contribution in [3.63, 3.8) is 0 Å². The Kier molecular flexibility index (Phi) is 6.14. The van der Waals surface area contributed by atoms with Crippen LogP contribution in [0.3, 0.4) is 0 Å². The number of urea groups is 1. The van der Waals surface area contributed by atoms with Gasteiger partial charge in [-0.05, 0) is 42.7 Å². The molecule has 1 N–H and O–H groups in total. The van der Waals surface area contributed by atoms with Crippen LogP contribution >= 0.6 is 11.8 Å². The third-order valence-corrected chi connectivity index (χ3v) is 5.35. The summed E-state index contributed by atoms with van der Waals surface area (Å²) in [5.74, 6) is 1.14. The fourth-order valence-corrected chi connectivity index (χ4v) is 3.96. The van der Waals surface area contributed by atoms with Crippen molar-refractivity contribution in [2.45, 2.75) is 43.9 Å². The first-order chi connectivity index (χ1) is 10.6. The smallest absolute Gasteiger partial charge is 0.321 e. The lowest BCUT2D eigenvalue weighted by Crippen LogP contribution is -2.38. The summed E-state index contributed by atoms with van der Waals surface area (Å²) < 4.78 is 0. The zero-order valence-corrected chi connectivity index (χ0v) is 14.0. The van der Waals surface area contributed by atoms with Crippen LogP contribution in [0.5, 0.6) is 0 Å². The minimum atomic E-state index is -0.0554. The number of nitrogens with zero attached hydrogens (tertiary/aromatic N) is 2. The summed E-state index contributed by atoms with van der Waals surface area (Å²) in [7, 11) is 1.88. The zero-order valence-electron chi connectivity index (χ0n) is 13.2. The van der Waals surface area contributed by atoms with Gasteiger partial charge < -0.3 is 10.2 Å². The van der Waals surface area contributed by atoms with E-state index in [1.165, 1.54) is 6.42 Å². The number of nitrogens with one attached hydrogen (secondary N) is 1. The van der Waals surface area contributed by atoms with Crippen molar-refractivity contribution in [3.05, 3.63) is 29.8 Å². The molecule has 22 heavy (non-hydrogen) atoms. The Morgan fingerprint density at radius 2 is 2.14 bits per heavy atom. The van der Waals surface area contributed by atoms with Crippen LogP contribution in [0.1, 0.15) is 31.7 Å². The van der Waals surface area contributed by atoms with Gasteiger partial charge in [0, 0.05) is 24.0 Å². The zero-order chi connectivity index (χ0) is 15.9. The molecule has 2 amide bonds. The van der Waals surface area contributed by atoms with Crippen LogP contribution in [0.2, 0.25) is 0 Å². The molecular weight excluding hydrogens is 294 g/mol. The van der Waals surface area contributed by atoms with Crippen LogP contribution in [-0.4, -0.2) is 35.0 Å². The van der Waals surface area contributed by atoms with E-state index in [0.717, 1.165) is 29.8 Å².